The molecule has 0 unspecified atom stereocenters. The van der Waals surface area contributed by atoms with E-state index in [1.54, 1.807) is 12.1 Å². The van der Waals surface area contributed by atoms with Crippen molar-refractivity contribution in [2.75, 3.05) is 12.9 Å². The Balaban J connectivity index is 2.13. The molecule has 0 spiro atoms. The number of hydrogen-bond donors (Lipinski definition) is 0. The van der Waals surface area contributed by atoms with Gasteiger partial charge in [-0.1, -0.05) is 11.8 Å². The molecule has 0 bridgehead atoms. The highest BCUT2D eigenvalue weighted by Gasteiger charge is 2.16. The van der Waals surface area contributed by atoms with E-state index in [4.69, 9.17) is 4.42 Å². The molecule has 0 fully saturated rings. The van der Waals surface area contributed by atoms with Crippen LogP contribution in [0.25, 0.3) is 10.9 Å². The van der Waals surface area contributed by atoms with E-state index in [-0.39, 0.29) is 28.2 Å². The minimum Gasteiger partial charge on any atom is -0.467 e. The zero-order valence-corrected chi connectivity index (χ0v) is 14.5. The minimum atomic E-state index is -2.55. The first kappa shape index (κ1) is 18.1. The molecule has 0 radical (unpaired) electrons. The van der Waals surface area contributed by atoms with Gasteiger partial charge in [0.2, 0.25) is 6.43 Å². The van der Waals surface area contributed by atoms with Gasteiger partial charge in [-0.25, -0.2) is 18.6 Å². The molecule has 9 heteroatoms. The second-order valence-electron chi connectivity index (χ2n) is 5.29. The molecule has 26 heavy (non-hydrogen) atoms. The molecule has 3 rings (SSSR count). The molecule has 0 aliphatic heterocycles. The fraction of sp³-hybridized carbons (Fsp3) is 0.235. The van der Waals surface area contributed by atoms with Gasteiger partial charge >= 0.3 is 5.97 Å². The fourth-order valence-corrected chi connectivity index (χ4v) is 3.13. The van der Waals surface area contributed by atoms with E-state index in [1.165, 1.54) is 36.1 Å². The summed E-state index contributed by atoms with van der Waals surface area (Å²) in [7, 11) is 1.24. The van der Waals surface area contributed by atoms with Crippen LogP contribution in [0.3, 0.4) is 0 Å². The molecule has 0 aliphatic rings. The number of methoxy groups -OCH3 is 1. The number of benzene rings is 1. The lowest BCUT2D eigenvalue weighted by atomic mass is 10.1. The van der Waals surface area contributed by atoms with Crippen molar-refractivity contribution >= 4 is 28.6 Å². The molecule has 6 nitrogen and oxygen atoms in total. The van der Waals surface area contributed by atoms with Crippen LogP contribution in [0, 0.1) is 0 Å². The van der Waals surface area contributed by atoms with Crippen molar-refractivity contribution in [2.45, 2.75) is 18.1 Å². The maximum absolute atomic E-state index is 12.8. The Morgan fingerprint density at radius 1 is 1.38 bits per heavy atom. The fourth-order valence-electron chi connectivity index (χ4n) is 2.39. The quantitative estimate of drug-likeness (QED) is 0.371. The molecule has 136 valence electrons. The second-order valence-corrected chi connectivity index (χ2v) is 6.28. The molecule has 0 atom stereocenters. The lowest BCUT2D eigenvalue weighted by molar-refractivity contribution is 0.0601. The maximum atomic E-state index is 12.8. The number of esters is 1. The summed E-state index contributed by atoms with van der Waals surface area (Å²) in [5.41, 5.74) is 0.0606. The number of furan rings is 1. The lowest BCUT2D eigenvalue weighted by Gasteiger charge is -2.12. The zero-order valence-electron chi connectivity index (χ0n) is 13.6. The zero-order chi connectivity index (χ0) is 18.7. The van der Waals surface area contributed by atoms with E-state index in [0.717, 1.165) is 11.8 Å². The highest BCUT2D eigenvalue weighted by molar-refractivity contribution is 7.99. The number of fused-ring (bicyclic) bond motifs is 1. The van der Waals surface area contributed by atoms with Crippen molar-refractivity contribution in [3.05, 3.63) is 58.3 Å². The van der Waals surface area contributed by atoms with Gasteiger partial charge in [0.1, 0.15) is 5.76 Å². The van der Waals surface area contributed by atoms with Crippen LogP contribution in [0.15, 0.2) is 51.0 Å². The first-order chi connectivity index (χ1) is 12.5. The Hall–Kier alpha value is -2.68. The molecule has 3 aromatic rings. The first-order valence-corrected chi connectivity index (χ1v) is 8.54. The summed E-state index contributed by atoms with van der Waals surface area (Å²) in [4.78, 5) is 28.8. The minimum absolute atomic E-state index is 0.0685. The smallest absolute Gasteiger partial charge is 0.337 e. The number of carbonyl (C=O) groups excluding carboxylic acids is 1. The second kappa shape index (κ2) is 7.69. The Kier molecular flexibility index (Phi) is 5.36. The van der Waals surface area contributed by atoms with Gasteiger partial charge in [0.25, 0.3) is 5.56 Å². The monoisotopic (exact) mass is 380 g/mol. The van der Waals surface area contributed by atoms with Gasteiger partial charge in [-0.3, -0.25) is 9.36 Å². The third-order valence-electron chi connectivity index (χ3n) is 3.57. The molecule has 1 aromatic carbocycles. The topological polar surface area (TPSA) is 74.3 Å². The van der Waals surface area contributed by atoms with E-state index in [0.29, 0.717) is 5.76 Å². The van der Waals surface area contributed by atoms with Crippen molar-refractivity contribution in [3.63, 3.8) is 0 Å². The van der Waals surface area contributed by atoms with Gasteiger partial charge in [-0.05, 0) is 30.3 Å². The number of alkyl halides is 2. The largest absolute Gasteiger partial charge is 0.467 e. The molecular formula is C17H14F2N2O4S. The van der Waals surface area contributed by atoms with Crippen LogP contribution in [-0.4, -0.2) is 34.8 Å². The highest BCUT2D eigenvalue weighted by Crippen LogP contribution is 2.22. The van der Waals surface area contributed by atoms with E-state index in [2.05, 4.69) is 9.72 Å². The maximum Gasteiger partial charge on any atom is 0.337 e. The van der Waals surface area contributed by atoms with Gasteiger partial charge in [0.05, 0.1) is 42.1 Å². The number of thioether (sulfide) groups is 1. The van der Waals surface area contributed by atoms with Crippen molar-refractivity contribution in [1.82, 2.24) is 9.55 Å². The number of rotatable bonds is 6. The van der Waals surface area contributed by atoms with Gasteiger partial charge in [-0.15, -0.1) is 0 Å². The van der Waals surface area contributed by atoms with E-state index in [1.807, 2.05) is 0 Å². The summed E-state index contributed by atoms with van der Waals surface area (Å²) in [5.74, 6) is -0.583. The standard InChI is InChI=1S/C17H14F2N2O4S/c1-24-16(23)10-4-5-12-13(7-10)20-17(26-9-14(18)19)21(15(12)22)8-11-3-2-6-25-11/h2-7,14H,8-9H2,1H3. The molecule has 0 N–H and O–H groups in total. The number of nitrogens with zero attached hydrogens (tertiary/aromatic N) is 2. The summed E-state index contributed by atoms with van der Waals surface area (Å²) >= 11 is 0.770. The summed E-state index contributed by atoms with van der Waals surface area (Å²) in [6, 6.07) is 7.69. The van der Waals surface area contributed by atoms with Gasteiger partial charge in [0.15, 0.2) is 5.16 Å². The van der Waals surface area contributed by atoms with Crippen LogP contribution in [0.1, 0.15) is 16.1 Å². The highest BCUT2D eigenvalue weighted by atomic mass is 32.2. The van der Waals surface area contributed by atoms with E-state index < -0.39 is 23.7 Å². The third-order valence-corrected chi connectivity index (χ3v) is 4.56. The van der Waals surface area contributed by atoms with Gasteiger partial charge in [-0.2, -0.15) is 0 Å². The third kappa shape index (κ3) is 3.77. The molecule has 2 aromatic heterocycles. The molecule has 0 saturated carbocycles. The molecule has 0 saturated heterocycles. The molecule has 0 amide bonds. The normalized spacial score (nSPS) is 11.2. The van der Waals surface area contributed by atoms with Crippen molar-refractivity contribution < 1.29 is 22.7 Å². The number of ether oxygens (including phenoxy) is 1. The number of aromatic nitrogens is 2. The average Bonchev–Trinajstić information content (AvgIpc) is 3.14. The lowest BCUT2D eigenvalue weighted by Crippen LogP contribution is -2.24. The van der Waals surface area contributed by atoms with Crippen molar-refractivity contribution in [3.8, 4) is 0 Å². The summed E-state index contributed by atoms with van der Waals surface area (Å²) in [6.45, 7) is 0.0685. The van der Waals surface area contributed by atoms with Crippen molar-refractivity contribution in [2.24, 2.45) is 0 Å². The Morgan fingerprint density at radius 2 is 2.19 bits per heavy atom. The Bertz CT molecular complexity index is 986. The van der Waals surface area contributed by atoms with E-state index in [9.17, 15) is 18.4 Å². The Morgan fingerprint density at radius 3 is 2.85 bits per heavy atom. The van der Waals surface area contributed by atoms with Gasteiger partial charge in [0, 0.05) is 0 Å². The van der Waals surface area contributed by atoms with Crippen LogP contribution in [0.5, 0.6) is 0 Å². The van der Waals surface area contributed by atoms with Crippen LogP contribution in [-0.2, 0) is 11.3 Å². The van der Waals surface area contributed by atoms with Crippen molar-refractivity contribution in [1.29, 1.82) is 0 Å². The Labute approximate surface area is 150 Å². The number of carbonyl (C=O) groups is 1. The van der Waals surface area contributed by atoms with Crippen LogP contribution in [0.4, 0.5) is 8.78 Å². The number of hydrogen-bond acceptors (Lipinski definition) is 6. The van der Waals surface area contributed by atoms with Gasteiger partial charge < -0.3 is 9.15 Å². The predicted octanol–water partition coefficient (Wildman–Crippen LogP) is 3.18. The number of halogens is 2. The average molecular weight is 380 g/mol. The van der Waals surface area contributed by atoms with E-state index >= 15 is 0 Å². The first-order valence-electron chi connectivity index (χ1n) is 7.56. The molecule has 2 heterocycles. The summed E-state index contributed by atoms with van der Waals surface area (Å²) in [6.07, 6.45) is -1.09. The predicted molar refractivity (Wildman–Crippen MR) is 91.9 cm³/mol. The summed E-state index contributed by atoms with van der Waals surface area (Å²) in [5, 5.41) is 0.395. The van der Waals surface area contributed by atoms with Crippen LogP contribution in [0.2, 0.25) is 0 Å². The molecular weight excluding hydrogens is 366 g/mol. The summed E-state index contributed by atoms with van der Waals surface area (Å²) < 4.78 is 36.5. The SMILES string of the molecule is COC(=O)c1ccc2c(=O)n(Cc3ccco3)c(SCC(F)F)nc2c1. The molecule has 0 aliphatic carbocycles. The van der Waals surface area contributed by atoms with Crippen LogP contribution >= 0.6 is 11.8 Å². The van der Waals surface area contributed by atoms with Crippen LogP contribution < -0.4 is 5.56 Å².